The van der Waals surface area contributed by atoms with Crippen molar-refractivity contribution in [3.63, 3.8) is 0 Å². The minimum absolute atomic E-state index is 0.289. The largest absolute Gasteiger partial charge is 0.254 e. The zero-order chi connectivity index (χ0) is 7.78. The molecule has 0 amide bonds. The average Bonchev–Trinajstić information content (AvgIpc) is 2.36. The monoisotopic (exact) mass is 148 g/mol. The molecule has 1 rings (SSSR count). The first-order valence-corrected chi connectivity index (χ1v) is 4.02. The summed E-state index contributed by atoms with van der Waals surface area (Å²) in [6.45, 7) is 3.80. The van der Waals surface area contributed by atoms with E-state index in [0.717, 1.165) is 6.42 Å². The Kier molecular flexibility index (Phi) is 1.97. The minimum atomic E-state index is -2.31. The summed E-state index contributed by atoms with van der Waals surface area (Å²) in [7, 11) is 0. The first-order valence-electron chi connectivity index (χ1n) is 4.02. The standard InChI is InChI=1S/C8H14F2/c1-3-5-7-6(4-2)8(7,9)10/h6-7H,3-5H2,1-2H3. The van der Waals surface area contributed by atoms with Gasteiger partial charge in [-0.25, -0.2) is 8.78 Å². The Morgan fingerprint density at radius 2 is 1.80 bits per heavy atom. The maximum Gasteiger partial charge on any atom is 0.254 e. The summed E-state index contributed by atoms with van der Waals surface area (Å²) in [6, 6.07) is 0. The second-order valence-electron chi connectivity index (χ2n) is 3.08. The first-order chi connectivity index (χ1) is 4.64. The highest BCUT2D eigenvalue weighted by atomic mass is 19.3. The van der Waals surface area contributed by atoms with Crippen molar-refractivity contribution >= 4 is 0 Å². The quantitative estimate of drug-likeness (QED) is 0.577. The van der Waals surface area contributed by atoms with Crippen molar-refractivity contribution < 1.29 is 8.78 Å². The topological polar surface area (TPSA) is 0 Å². The number of halogens is 2. The summed E-state index contributed by atoms with van der Waals surface area (Å²) in [5.41, 5.74) is 0. The van der Waals surface area contributed by atoms with E-state index in [-0.39, 0.29) is 11.8 Å². The second kappa shape index (κ2) is 2.48. The molecule has 0 aromatic carbocycles. The molecule has 0 aromatic rings. The third-order valence-corrected chi connectivity index (χ3v) is 2.40. The van der Waals surface area contributed by atoms with Crippen LogP contribution in [-0.2, 0) is 0 Å². The van der Waals surface area contributed by atoms with Crippen LogP contribution in [0.5, 0.6) is 0 Å². The molecule has 0 nitrogen and oxygen atoms in total. The fourth-order valence-corrected chi connectivity index (χ4v) is 1.72. The Hall–Kier alpha value is -0.140. The van der Waals surface area contributed by atoms with Crippen LogP contribution in [0, 0.1) is 11.8 Å². The van der Waals surface area contributed by atoms with Crippen LogP contribution in [0.4, 0.5) is 8.78 Å². The molecule has 0 bridgehead atoms. The number of hydrogen-bond acceptors (Lipinski definition) is 0. The number of alkyl halides is 2. The first kappa shape index (κ1) is 7.96. The summed E-state index contributed by atoms with van der Waals surface area (Å²) in [5.74, 6) is -2.90. The molecule has 60 valence electrons. The Labute approximate surface area is 60.6 Å². The lowest BCUT2D eigenvalue weighted by Crippen LogP contribution is -1.93. The van der Waals surface area contributed by atoms with Crippen molar-refractivity contribution in [1.29, 1.82) is 0 Å². The van der Waals surface area contributed by atoms with Crippen molar-refractivity contribution in [2.24, 2.45) is 11.8 Å². The van der Waals surface area contributed by atoms with Gasteiger partial charge in [0.1, 0.15) is 0 Å². The van der Waals surface area contributed by atoms with E-state index in [1.165, 1.54) is 0 Å². The summed E-state index contributed by atoms with van der Waals surface area (Å²) < 4.78 is 25.3. The lowest BCUT2D eigenvalue weighted by atomic mass is 10.2. The normalized spacial score (nSPS) is 36.0. The van der Waals surface area contributed by atoms with Crippen LogP contribution in [0.2, 0.25) is 0 Å². The molecule has 1 aliphatic carbocycles. The van der Waals surface area contributed by atoms with Gasteiger partial charge in [-0.15, -0.1) is 0 Å². The predicted molar refractivity (Wildman–Crippen MR) is 37.1 cm³/mol. The van der Waals surface area contributed by atoms with Gasteiger partial charge in [0.25, 0.3) is 5.92 Å². The van der Waals surface area contributed by atoms with Crippen LogP contribution < -0.4 is 0 Å². The fourth-order valence-electron chi connectivity index (χ4n) is 1.72. The van der Waals surface area contributed by atoms with Gasteiger partial charge in [-0.1, -0.05) is 20.3 Å². The van der Waals surface area contributed by atoms with Gasteiger partial charge in [-0.3, -0.25) is 0 Å². The minimum Gasteiger partial charge on any atom is -0.206 e. The predicted octanol–water partition coefficient (Wildman–Crippen LogP) is 3.08. The summed E-state index contributed by atoms with van der Waals surface area (Å²) in [5, 5.41) is 0. The Balaban J connectivity index is 2.37. The van der Waals surface area contributed by atoms with Crippen LogP contribution in [0.25, 0.3) is 0 Å². The molecule has 0 aliphatic heterocycles. The summed E-state index contributed by atoms with van der Waals surface area (Å²) in [6.07, 6.45) is 2.22. The smallest absolute Gasteiger partial charge is 0.206 e. The molecule has 0 radical (unpaired) electrons. The van der Waals surface area contributed by atoms with Gasteiger partial charge in [0.2, 0.25) is 0 Å². The van der Waals surface area contributed by atoms with Gasteiger partial charge in [-0.05, 0) is 12.8 Å². The lowest BCUT2D eigenvalue weighted by molar-refractivity contribution is 0.0820. The van der Waals surface area contributed by atoms with E-state index in [4.69, 9.17) is 0 Å². The lowest BCUT2D eigenvalue weighted by Gasteiger charge is -1.90. The van der Waals surface area contributed by atoms with Gasteiger partial charge in [0.05, 0.1) is 0 Å². The zero-order valence-electron chi connectivity index (χ0n) is 6.53. The molecular formula is C8H14F2. The Bertz CT molecular complexity index is 120. The molecule has 0 heterocycles. The molecule has 10 heavy (non-hydrogen) atoms. The van der Waals surface area contributed by atoms with E-state index in [2.05, 4.69) is 0 Å². The van der Waals surface area contributed by atoms with Crippen LogP contribution in [0.3, 0.4) is 0 Å². The van der Waals surface area contributed by atoms with E-state index >= 15 is 0 Å². The molecule has 0 saturated heterocycles. The van der Waals surface area contributed by atoms with E-state index in [1.54, 1.807) is 0 Å². The van der Waals surface area contributed by atoms with Gasteiger partial charge in [0, 0.05) is 11.8 Å². The highest BCUT2D eigenvalue weighted by Crippen LogP contribution is 2.58. The van der Waals surface area contributed by atoms with Gasteiger partial charge in [0.15, 0.2) is 0 Å². The molecule has 2 atom stereocenters. The maximum atomic E-state index is 12.6. The number of rotatable bonds is 3. The SMILES string of the molecule is CCCC1C(CC)C1(F)F. The van der Waals surface area contributed by atoms with Crippen molar-refractivity contribution in [2.45, 2.75) is 39.0 Å². The molecule has 2 unspecified atom stereocenters. The van der Waals surface area contributed by atoms with Gasteiger partial charge in [-0.2, -0.15) is 0 Å². The maximum absolute atomic E-state index is 12.6. The average molecular weight is 148 g/mol. The molecule has 2 heteroatoms. The van der Waals surface area contributed by atoms with Gasteiger partial charge < -0.3 is 0 Å². The molecule has 0 spiro atoms. The second-order valence-corrected chi connectivity index (χ2v) is 3.08. The zero-order valence-corrected chi connectivity index (χ0v) is 6.53. The van der Waals surface area contributed by atoms with E-state index in [0.29, 0.717) is 12.8 Å². The number of hydrogen-bond donors (Lipinski definition) is 0. The van der Waals surface area contributed by atoms with E-state index in [1.807, 2.05) is 13.8 Å². The Morgan fingerprint density at radius 3 is 2.10 bits per heavy atom. The van der Waals surface area contributed by atoms with Crippen molar-refractivity contribution in [2.75, 3.05) is 0 Å². The summed E-state index contributed by atoms with van der Waals surface area (Å²) in [4.78, 5) is 0. The van der Waals surface area contributed by atoms with Crippen molar-refractivity contribution in [1.82, 2.24) is 0 Å². The Morgan fingerprint density at radius 1 is 1.20 bits per heavy atom. The van der Waals surface area contributed by atoms with Crippen LogP contribution in [0.15, 0.2) is 0 Å². The van der Waals surface area contributed by atoms with Gasteiger partial charge >= 0.3 is 0 Å². The van der Waals surface area contributed by atoms with E-state index < -0.39 is 5.92 Å². The molecular weight excluding hydrogens is 134 g/mol. The van der Waals surface area contributed by atoms with Crippen molar-refractivity contribution in [3.05, 3.63) is 0 Å². The fraction of sp³-hybridized carbons (Fsp3) is 1.00. The summed E-state index contributed by atoms with van der Waals surface area (Å²) >= 11 is 0. The van der Waals surface area contributed by atoms with E-state index in [9.17, 15) is 8.78 Å². The molecule has 1 saturated carbocycles. The molecule has 1 fully saturated rings. The third kappa shape index (κ3) is 1.04. The third-order valence-electron chi connectivity index (χ3n) is 2.40. The van der Waals surface area contributed by atoms with Crippen molar-refractivity contribution in [3.8, 4) is 0 Å². The molecule has 0 N–H and O–H groups in total. The molecule has 0 aromatic heterocycles. The highest BCUT2D eigenvalue weighted by molar-refractivity contribution is 5.03. The van der Waals surface area contributed by atoms with Crippen LogP contribution in [-0.4, -0.2) is 5.92 Å². The van der Waals surface area contributed by atoms with Crippen LogP contribution >= 0.6 is 0 Å². The molecule has 1 aliphatic rings. The highest BCUT2D eigenvalue weighted by Gasteiger charge is 2.65. The van der Waals surface area contributed by atoms with Crippen LogP contribution in [0.1, 0.15) is 33.1 Å².